The minimum absolute atomic E-state index is 0.288. The molecular formula is C18H27NO3. The minimum Gasteiger partial charge on any atom is -0.493 e. The quantitative estimate of drug-likeness (QED) is 0.725. The zero-order valence-electron chi connectivity index (χ0n) is 13.9. The van der Waals surface area contributed by atoms with Crippen LogP contribution in [-0.2, 0) is 11.2 Å². The lowest BCUT2D eigenvalue weighted by Crippen LogP contribution is -2.46. The molecule has 0 bridgehead atoms. The third kappa shape index (κ3) is 4.75. The van der Waals surface area contributed by atoms with Gasteiger partial charge in [0.15, 0.2) is 11.5 Å². The molecule has 0 aromatic heterocycles. The summed E-state index contributed by atoms with van der Waals surface area (Å²) in [6, 6.07) is 6.04. The summed E-state index contributed by atoms with van der Waals surface area (Å²) in [5, 5.41) is 0. The van der Waals surface area contributed by atoms with E-state index in [0.29, 0.717) is 6.61 Å². The highest BCUT2D eigenvalue weighted by Gasteiger charge is 2.21. The van der Waals surface area contributed by atoms with Crippen LogP contribution in [0.15, 0.2) is 30.9 Å². The van der Waals surface area contributed by atoms with Gasteiger partial charge < -0.3 is 14.2 Å². The zero-order valence-corrected chi connectivity index (χ0v) is 13.9. The highest BCUT2D eigenvalue weighted by Crippen LogP contribution is 2.28. The highest BCUT2D eigenvalue weighted by molar-refractivity contribution is 5.43. The molecule has 0 unspecified atom stereocenters. The molecule has 1 aliphatic rings. The third-order valence-corrected chi connectivity index (χ3v) is 3.77. The van der Waals surface area contributed by atoms with Crippen molar-refractivity contribution in [1.29, 1.82) is 0 Å². The van der Waals surface area contributed by atoms with Gasteiger partial charge in [-0.3, -0.25) is 4.90 Å². The van der Waals surface area contributed by atoms with Crippen molar-refractivity contribution in [1.82, 2.24) is 4.90 Å². The molecule has 2 atom stereocenters. The van der Waals surface area contributed by atoms with Crippen LogP contribution in [-0.4, -0.2) is 50.5 Å². The lowest BCUT2D eigenvalue weighted by atomic mass is 10.1. The van der Waals surface area contributed by atoms with Crippen LogP contribution < -0.4 is 9.47 Å². The Morgan fingerprint density at radius 1 is 1.27 bits per heavy atom. The van der Waals surface area contributed by atoms with Crippen molar-refractivity contribution in [3.8, 4) is 11.5 Å². The molecule has 0 N–H and O–H groups in total. The fourth-order valence-corrected chi connectivity index (χ4v) is 2.88. The van der Waals surface area contributed by atoms with Gasteiger partial charge in [0.2, 0.25) is 0 Å². The molecule has 2 rings (SSSR count). The molecule has 0 saturated carbocycles. The normalized spacial score (nSPS) is 22.3. The summed E-state index contributed by atoms with van der Waals surface area (Å²) in [6.45, 7) is 11.5. The van der Waals surface area contributed by atoms with E-state index in [-0.39, 0.29) is 12.2 Å². The number of rotatable bonds is 7. The van der Waals surface area contributed by atoms with E-state index in [1.807, 2.05) is 18.2 Å². The maximum absolute atomic E-state index is 5.90. The molecule has 0 amide bonds. The molecule has 0 spiro atoms. The number of hydrogen-bond acceptors (Lipinski definition) is 4. The average Bonchev–Trinajstić information content (AvgIpc) is 2.48. The fraction of sp³-hybridized carbons (Fsp3) is 0.556. The first-order valence-electron chi connectivity index (χ1n) is 7.90. The second kappa shape index (κ2) is 8.20. The van der Waals surface area contributed by atoms with E-state index in [4.69, 9.17) is 14.2 Å². The van der Waals surface area contributed by atoms with E-state index in [2.05, 4.69) is 31.4 Å². The molecule has 1 aliphatic heterocycles. The van der Waals surface area contributed by atoms with Gasteiger partial charge in [-0.2, -0.15) is 0 Å². The summed E-state index contributed by atoms with van der Waals surface area (Å²) in [5.74, 6) is 1.58. The fourth-order valence-electron chi connectivity index (χ4n) is 2.88. The molecular weight excluding hydrogens is 278 g/mol. The molecule has 1 aromatic rings. The van der Waals surface area contributed by atoms with E-state index in [1.54, 1.807) is 7.11 Å². The van der Waals surface area contributed by atoms with E-state index < -0.39 is 0 Å². The van der Waals surface area contributed by atoms with E-state index in [0.717, 1.165) is 37.6 Å². The molecule has 4 nitrogen and oxygen atoms in total. The Bertz CT molecular complexity index is 479. The molecule has 1 fully saturated rings. The van der Waals surface area contributed by atoms with Gasteiger partial charge in [-0.1, -0.05) is 12.1 Å². The minimum atomic E-state index is 0.288. The van der Waals surface area contributed by atoms with Crippen LogP contribution in [0, 0.1) is 0 Å². The van der Waals surface area contributed by atoms with Gasteiger partial charge in [-0.15, -0.1) is 6.58 Å². The van der Waals surface area contributed by atoms with Crippen LogP contribution in [0.25, 0.3) is 0 Å². The van der Waals surface area contributed by atoms with Gasteiger partial charge in [0.05, 0.1) is 19.3 Å². The first-order valence-corrected chi connectivity index (χ1v) is 7.90. The van der Waals surface area contributed by atoms with Crippen molar-refractivity contribution in [2.75, 3.05) is 33.4 Å². The second-order valence-corrected chi connectivity index (χ2v) is 5.84. The van der Waals surface area contributed by atoms with Crippen LogP contribution in [0.1, 0.15) is 19.4 Å². The number of morpholine rings is 1. The van der Waals surface area contributed by atoms with Crippen LogP contribution in [0.5, 0.6) is 11.5 Å². The zero-order chi connectivity index (χ0) is 15.9. The Balaban J connectivity index is 1.87. The molecule has 1 saturated heterocycles. The number of allylic oxidation sites excluding steroid dienone is 1. The number of nitrogens with zero attached hydrogens (tertiary/aromatic N) is 1. The first-order chi connectivity index (χ1) is 10.6. The molecule has 122 valence electrons. The van der Waals surface area contributed by atoms with Crippen molar-refractivity contribution in [2.24, 2.45) is 0 Å². The van der Waals surface area contributed by atoms with Crippen molar-refractivity contribution in [3.63, 3.8) is 0 Å². The monoisotopic (exact) mass is 305 g/mol. The number of methoxy groups -OCH3 is 1. The van der Waals surface area contributed by atoms with Gasteiger partial charge in [0, 0.05) is 19.6 Å². The average molecular weight is 305 g/mol. The van der Waals surface area contributed by atoms with Crippen molar-refractivity contribution in [3.05, 3.63) is 36.4 Å². The van der Waals surface area contributed by atoms with Gasteiger partial charge in [0.1, 0.15) is 6.61 Å². The molecule has 4 heteroatoms. The Hall–Kier alpha value is -1.52. The van der Waals surface area contributed by atoms with Crippen molar-refractivity contribution >= 4 is 0 Å². The standard InChI is InChI=1S/C18H27NO3/c1-5-6-16-7-8-17(18(11-16)20-4)21-10-9-19-12-14(2)22-15(3)13-19/h5,7-8,11,14-15H,1,6,9-10,12-13H2,2-4H3/t14-,15-/m1/s1. The molecule has 0 radical (unpaired) electrons. The number of ether oxygens (including phenoxy) is 3. The lowest BCUT2D eigenvalue weighted by molar-refractivity contribution is -0.0699. The summed E-state index contributed by atoms with van der Waals surface area (Å²) in [5.41, 5.74) is 1.18. The number of hydrogen-bond donors (Lipinski definition) is 0. The van der Waals surface area contributed by atoms with Crippen LogP contribution in [0.3, 0.4) is 0 Å². The summed E-state index contributed by atoms with van der Waals surface area (Å²) in [6.07, 6.45) is 3.30. The van der Waals surface area contributed by atoms with Crippen molar-refractivity contribution < 1.29 is 14.2 Å². The molecule has 1 heterocycles. The largest absolute Gasteiger partial charge is 0.493 e. The second-order valence-electron chi connectivity index (χ2n) is 5.84. The predicted octanol–water partition coefficient (Wildman–Crippen LogP) is 2.91. The summed E-state index contributed by atoms with van der Waals surface area (Å²) in [7, 11) is 1.67. The van der Waals surface area contributed by atoms with Gasteiger partial charge in [0.25, 0.3) is 0 Å². The first kappa shape index (κ1) is 16.8. The van der Waals surface area contributed by atoms with Crippen LogP contribution in [0.2, 0.25) is 0 Å². The Labute approximate surface area is 133 Å². The molecule has 1 aromatic carbocycles. The topological polar surface area (TPSA) is 30.9 Å². The molecule has 22 heavy (non-hydrogen) atoms. The third-order valence-electron chi connectivity index (χ3n) is 3.77. The summed E-state index contributed by atoms with van der Waals surface area (Å²) >= 11 is 0. The lowest BCUT2D eigenvalue weighted by Gasteiger charge is -2.35. The summed E-state index contributed by atoms with van der Waals surface area (Å²) < 4.78 is 17.1. The van der Waals surface area contributed by atoms with Crippen LogP contribution in [0.4, 0.5) is 0 Å². The predicted molar refractivity (Wildman–Crippen MR) is 88.8 cm³/mol. The van der Waals surface area contributed by atoms with E-state index in [1.165, 1.54) is 5.56 Å². The smallest absolute Gasteiger partial charge is 0.161 e. The Kier molecular flexibility index (Phi) is 6.28. The number of benzene rings is 1. The maximum atomic E-state index is 5.90. The highest BCUT2D eigenvalue weighted by atomic mass is 16.5. The van der Waals surface area contributed by atoms with Crippen LogP contribution >= 0.6 is 0 Å². The van der Waals surface area contributed by atoms with E-state index in [9.17, 15) is 0 Å². The Morgan fingerprint density at radius 2 is 2.00 bits per heavy atom. The van der Waals surface area contributed by atoms with Crippen molar-refractivity contribution in [2.45, 2.75) is 32.5 Å². The van der Waals surface area contributed by atoms with Gasteiger partial charge in [-0.25, -0.2) is 0 Å². The van der Waals surface area contributed by atoms with Gasteiger partial charge in [-0.05, 0) is 38.0 Å². The van der Waals surface area contributed by atoms with Gasteiger partial charge >= 0.3 is 0 Å². The Morgan fingerprint density at radius 3 is 2.64 bits per heavy atom. The molecule has 0 aliphatic carbocycles. The SMILES string of the molecule is C=CCc1ccc(OCCN2C[C@@H](C)O[C@H](C)C2)c(OC)c1. The maximum Gasteiger partial charge on any atom is 0.161 e. The van der Waals surface area contributed by atoms with E-state index >= 15 is 0 Å². The summed E-state index contributed by atoms with van der Waals surface area (Å²) in [4.78, 5) is 2.39.